The summed E-state index contributed by atoms with van der Waals surface area (Å²) in [4.78, 5) is 4.20. The molecule has 2 rings (SSSR count). The maximum absolute atomic E-state index is 8.52. The molecule has 0 aromatic heterocycles. The molecular formula is C14H20O2. The van der Waals surface area contributed by atoms with Gasteiger partial charge in [-0.3, -0.25) is 0 Å². The van der Waals surface area contributed by atoms with Crippen LogP contribution in [0.3, 0.4) is 0 Å². The average Bonchev–Trinajstić information content (AvgIpc) is 2.29. The second kappa shape index (κ2) is 5.90. The largest absolute Gasteiger partial charge is 0.340 e. The predicted molar refractivity (Wildman–Crippen MR) is 64.8 cm³/mol. The molecule has 0 amide bonds. The Hall–Kier alpha value is -1.02. The van der Waals surface area contributed by atoms with Crippen molar-refractivity contribution in [2.24, 2.45) is 0 Å². The van der Waals surface area contributed by atoms with Crippen LogP contribution in [0.5, 0.6) is 5.75 Å². The van der Waals surface area contributed by atoms with Crippen LogP contribution >= 0.6 is 0 Å². The highest BCUT2D eigenvalue weighted by Crippen LogP contribution is 2.31. The van der Waals surface area contributed by atoms with Gasteiger partial charge in [0.05, 0.1) is 0 Å². The van der Waals surface area contributed by atoms with E-state index in [1.165, 1.54) is 50.5 Å². The van der Waals surface area contributed by atoms with E-state index < -0.39 is 0 Å². The lowest BCUT2D eigenvalue weighted by atomic mass is 9.86. The van der Waals surface area contributed by atoms with Gasteiger partial charge in [-0.15, -0.1) is 0 Å². The number of hydrogen-bond acceptors (Lipinski definition) is 2. The summed E-state index contributed by atoms with van der Waals surface area (Å²) in [6.45, 7) is 0. The Labute approximate surface area is 97.2 Å². The van der Waals surface area contributed by atoms with Gasteiger partial charge in [0.25, 0.3) is 0 Å². The highest BCUT2D eigenvalue weighted by molar-refractivity contribution is 5.29. The van der Waals surface area contributed by atoms with Crippen molar-refractivity contribution >= 4 is 0 Å². The van der Waals surface area contributed by atoms with Crippen LogP contribution in [0.1, 0.15) is 56.4 Å². The molecule has 1 aliphatic rings. The van der Waals surface area contributed by atoms with E-state index in [1.807, 2.05) is 12.1 Å². The third-order valence-corrected chi connectivity index (χ3v) is 3.56. The predicted octanol–water partition coefficient (Wildman–Crippen LogP) is 4.37. The van der Waals surface area contributed by atoms with Crippen molar-refractivity contribution < 1.29 is 10.1 Å². The summed E-state index contributed by atoms with van der Waals surface area (Å²) in [5, 5.41) is 8.52. The third-order valence-electron chi connectivity index (χ3n) is 3.56. The van der Waals surface area contributed by atoms with Crippen LogP contribution in [0.4, 0.5) is 0 Å². The summed E-state index contributed by atoms with van der Waals surface area (Å²) in [6, 6.07) is 7.85. The van der Waals surface area contributed by atoms with Gasteiger partial charge in [-0.2, -0.15) is 0 Å². The monoisotopic (exact) mass is 220 g/mol. The summed E-state index contributed by atoms with van der Waals surface area (Å²) in [5.41, 5.74) is 1.39. The zero-order valence-corrected chi connectivity index (χ0v) is 9.69. The van der Waals surface area contributed by atoms with Crippen molar-refractivity contribution in [3.8, 4) is 5.75 Å². The molecule has 1 saturated carbocycles. The summed E-state index contributed by atoms with van der Waals surface area (Å²) in [6.07, 6.45) is 9.48. The van der Waals surface area contributed by atoms with Crippen LogP contribution < -0.4 is 4.89 Å². The van der Waals surface area contributed by atoms with E-state index in [2.05, 4.69) is 17.0 Å². The van der Waals surface area contributed by atoms with Crippen LogP contribution in [-0.2, 0) is 0 Å². The molecule has 0 aliphatic heterocycles. The minimum Gasteiger partial charge on any atom is -0.340 e. The van der Waals surface area contributed by atoms with Crippen LogP contribution in [0, 0.1) is 0 Å². The fourth-order valence-electron chi connectivity index (χ4n) is 2.59. The molecule has 2 nitrogen and oxygen atoms in total. The SMILES string of the molecule is OOc1ccc(C2CCCCCCC2)cc1. The lowest BCUT2D eigenvalue weighted by Gasteiger charge is -2.20. The van der Waals surface area contributed by atoms with Gasteiger partial charge in [0.1, 0.15) is 0 Å². The molecular weight excluding hydrogens is 200 g/mol. The second-order valence-electron chi connectivity index (χ2n) is 4.70. The maximum atomic E-state index is 8.52. The zero-order valence-electron chi connectivity index (χ0n) is 9.69. The Kier molecular flexibility index (Phi) is 4.23. The van der Waals surface area contributed by atoms with Gasteiger partial charge in [-0.25, -0.2) is 5.26 Å². The smallest absolute Gasteiger partial charge is 0.165 e. The zero-order chi connectivity index (χ0) is 11.2. The van der Waals surface area contributed by atoms with Crippen LogP contribution in [0.2, 0.25) is 0 Å². The van der Waals surface area contributed by atoms with Crippen LogP contribution in [0.15, 0.2) is 24.3 Å². The molecule has 0 unspecified atom stereocenters. The van der Waals surface area contributed by atoms with Gasteiger partial charge in [0.2, 0.25) is 0 Å². The first kappa shape index (κ1) is 11.5. The average molecular weight is 220 g/mol. The fourth-order valence-corrected chi connectivity index (χ4v) is 2.59. The van der Waals surface area contributed by atoms with Crippen molar-refractivity contribution in [1.29, 1.82) is 0 Å². The summed E-state index contributed by atoms with van der Waals surface area (Å²) in [5.74, 6) is 1.22. The molecule has 16 heavy (non-hydrogen) atoms. The van der Waals surface area contributed by atoms with Gasteiger partial charge < -0.3 is 4.89 Å². The van der Waals surface area contributed by atoms with Crippen LogP contribution in [0.25, 0.3) is 0 Å². The summed E-state index contributed by atoms with van der Waals surface area (Å²) >= 11 is 0. The van der Waals surface area contributed by atoms with E-state index >= 15 is 0 Å². The van der Waals surface area contributed by atoms with Gasteiger partial charge >= 0.3 is 0 Å². The fraction of sp³-hybridized carbons (Fsp3) is 0.571. The third kappa shape index (κ3) is 2.99. The normalized spacial score (nSPS) is 18.8. The molecule has 1 aliphatic carbocycles. The molecule has 0 atom stereocenters. The Morgan fingerprint density at radius 3 is 2.00 bits per heavy atom. The molecule has 1 aromatic carbocycles. The van der Waals surface area contributed by atoms with E-state index in [4.69, 9.17) is 5.26 Å². The quantitative estimate of drug-likeness (QED) is 0.592. The minimum atomic E-state index is 0.523. The van der Waals surface area contributed by atoms with Crippen molar-refractivity contribution in [1.82, 2.24) is 0 Å². The van der Waals surface area contributed by atoms with Gasteiger partial charge in [-0.1, -0.05) is 44.2 Å². The Morgan fingerprint density at radius 1 is 0.875 bits per heavy atom. The summed E-state index contributed by atoms with van der Waals surface area (Å²) in [7, 11) is 0. The second-order valence-corrected chi connectivity index (χ2v) is 4.70. The van der Waals surface area contributed by atoms with Crippen molar-refractivity contribution in [2.45, 2.75) is 50.9 Å². The highest BCUT2D eigenvalue weighted by Gasteiger charge is 2.13. The number of benzene rings is 1. The molecule has 1 N–H and O–H groups in total. The van der Waals surface area contributed by atoms with E-state index in [0.29, 0.717) is 11.7 Å². The Balaban J connectivity index is 2.02. The molecule has 2 heteroatoms. The Morgan fingerprint density at radius 2 is 1.44 bits per heavy atom. The van der Waals surface area contributed by atoms with Crippen molar-refractivity contribution in [2.75, 3.05) is 0 Å². The molecule has 0 spiro atoms. The highest BCUT2D eigenvalue weighted by atomic mass is 17.1. The van der Waals surface area contributed by atoms with Gasteiger partial charge in [0, 0.05) is 0 Å². The van der Waals surface area contributed by atoms with Crippen LogP contribution in [-0.4, -0.2) is 5.26 Å². The Bertz CT molecular complexity index is 297. The maximum Gasteiger partial charge on any atom is 0.165 e. The van der Waals surface area contributed by atoms with E-state index in [-0.39, 0.29) is 0 Å². The van der Waals surface area contributed by atoms with Crippen molar-refractivity contribution in [3.63, 3.8) is 0 Å². The molecule has 88 valence electrons. The van der Waals surface area contributed by atoms with Crippen molar-refractivity contribution in [3.05, 3.63) is 29.8 Å². The minimum absolute atomic E-state index is 0.523. The number of rotatable bonds is 2. The van der Waals surface area contributed by atoms with E-state index in [9.17, 15) is 0 Å². The standard InChI is InChI=1S/C14H20O2/c15-16-14-10-8-13(9-11-14)12-6-4-2-1-3-5-7-12/h8-12,15H,1-7H2. The molecule has 0 bridgehead atoms. The molecule has 0 saturated heterocycles. The summed E-state index contributed by atoms with van der Waals surface area (Å²) < 4.78 is 0. The number of hydrogen-bond donors (Lipinski definition) is 1. The van der Waals surface area contributed by atoms with E-state index in [0.717, 1.165) is 0 Å². The first-order valence-electron chi connectivity index (χ1n) is 6.31. The first-order valence-corrected chi connectivity index (χ1v) is 6.31. The van der Waals surface area contributed by atoms with Gasteiger partial charge in [-0.05, 0) is 36.5 Å². The molecule has 1 fully saturated rings. The topological polar surface area (TPSA) is 29.5 Å². The first-order chi connectivity index (χ1) is 7.90. The molecule has 1 aromatic rings. The molecule has 0 heterocycles. The lowest BCUT2D eigenvalue weighted by Crippen LogP contribution is -2.02. The molecule has 0 radical (unpaired) electrons. The lowest BCUT2D eigenvalue weighted by molar-refractivity contribution is -0.137. The van der Waals surface area contributed by atoms with E-state index in [1.54, 1.807) is 0 Å². The van der Waals surface area contributed by atoms with Gasteiger partial charge in [0.15, 0.2) is 5.75 Å².